The van der Waals surface area contributed by atoms with Crippen LogP contribution >= 0.6 is 0 Å². The van der Waals surface area contributed by atoms with Gasteiger partial charge in [0.05, 0.1) is 0 Å². The van der Waals surface area contributed by atoms with Gasteiger partial charge in [0.25, 0.3) is 0 Å². The first-order valence-corrected chi connectivity index (χ1v) is 4.60. The fraction of sp³-hybridized carbons (Fsp3) is 0.167. The topological polar surface area (TPSA) is 34.1 Å². The lowest BCUT2D eigenvalue weighted by Gasteiger charge is -1.94. The summed E-state index contributed by atoms with van der Waals surface area (Å²) >= 11 is 0. The van der Waals surface area contributed by atoms with E-state index in [1.807, 2.05) is 6.07 Å². The Balaban J connectivity index is 2.16. The second-order valence-electron chi connectivity index (χ2n) is 3.36. The molecule has 14 heavy (non-hydrogen) atoms. The summed E-state index contributed by atoms with van der Waals surface area (Å²) in [5.74, 6) is -0.811. The summed E-state index contributed by atoms with van der Waals surface area (Å²) in [7, 11) is 0. The molecule has 1 aliphatic rings. The number of ketones is 2. The van der Waals surface area contributed by atoms with Crippen LogP contribution in [0.4, 0.5) is 0 Å². The fourth-order valence-electron chi connectivity index (χ4n) is 1.20. The molecule has 0 unspecified atom stereocenters. The monoisotopic (exact) mass is 186 g/mol. The summed E-state index contributed by atoms with van der Waals surface area (Å²) < 4.78 is 0. The third-order valence-electron chi connectivity index (χ3n) is 2.13. The summed E-state index contributed by atoms with van der Waals surface area (Å²) in [5.41, 5.74) is 1.55. The second kappa shape index (κ2) is 3.58. The molecule has 0 bridgehead atoms. The van der Waals surface area contributed by atoms with Crippen molar-refractivity contribution in [1.82, 2.24) is 0 Å². The lowest BCUT2D eigenvalue weighted by atomic mass is 10.1. The molecule has 0 radical (unpaired) electrons. The Morgan fingerprint density at radius 2 is 1.71 bits per heavy atom. The highest BCUT2D eigenvalue weighted by Gasteiger charge is 2.18. The highest BCUT2D eigenvalue weighted by Crippen LogP contribution is 2.27. The van der Waals surface area contributed by atoms with Crippen LogP contribution in [0, 0.1) is 0 Å². The van der Waals surface area contributed by atoms with Gasteiger partial charge in [0.1, 0.15) is 0 Å². The van der Waals surface area contributed by atoms with E-state index < -0.39 is 11.6 Å². The number of allylic oxidation sites excluding steroid dienone is 2. The zero-order valence-corrected chi connectivity index (χ0v) is 7.69. The molecule has 0 amide bonds. The zero-order valence-electron chi connectivity index (χ0n) is 7.69. The average Bonchev–Trinajstić information content (AvgIpc) is 3.02. The third kappa shape index (κ3) is 1.96. The minimum atomic E-state index is -0.412. The molecule has 70 valence electrons. The quantitative estimate of drug-likeness (QED) is 0.412. The van der Waals surface area contributed by atoms with Gasteiger partial charge in [-0.05, 0) is 18.9 Å². The van der Waals surface area contributed by atoms with E-state index in [0.29, 0.717) is 5.56 Å². The summed E-state index contributed by atoms with van der Waals surface area (Å²) in [6, 6.07) is 8.65. The molecule has 1 aromatic rings. The van der Waals surface area contributed by atoms with Crippen molar-refractivity contribution in [3.05, 3.63) is 47.5 Å². The van der Waals surface area contributed by atoms with Gasteiger partial charge in [-0.1, -0.05) is 35.9 Å². The normalized spacial score (nSPS) is 13.6. The molecular weight excluding hydrogens is 176 g/mol. The Morgan fingerprint density at radius 3 is 2.29 bits per heavy atom. The maximum atomic E-state index is 11.5. The van der Waals surface area contributed by atoms with Gasteiger partial charge in [0.15, 0.2) is 0 Å². The van der Waals surface area contributed by atoms with Gasteiger partial charge < -0.3 is 0 Å². The first-order valence-electron chi connectivity index (χ1n) is 4.60. The van der Waals surface area contributed by atoms with Crippen molar-refractivity contribution >= 4 is 11.6 Å². The second-order valence-corrected chi connectivity index (χ2v) is 3.36. The van der Waals surface area contributed by atoms with E-state index in [1.165, 1.54) is 6.08 Å². The first-order chi connectivity index (χ1) is 6.77. The van der Waals surface area contributed by atoms with Crippen LogP contribution in [0.5, 0.6) is 0 Å². The molecule has 2 rings (SSSR count). The molecular formula is C12H10O2. The molecule has 0 N–H and O–H groups in total. The number of benzene rings is 1. The number of Topliss-reactive ketones (excluding diaryl/α,β-unsaturated/α-hetero) is 1. The summed E-state index contributed by atoms with van der Waals surface area (Å²) in [5, 5.41) is 0. The molecule has 1 aliphatic carbocycles. The van der Waals surface area contributed by atoms with Crippen LogP contribution in [0.25, 0.3) is 0 Å². The van der Waals surface area contributed by atoms with Crippen LogP contribution in [-0.4, -0.2) is 11.6 Å². The van der Waals surface area contributed by atoms with E-state index >= 15 is 0 Å². The molecule has 0 heterocycles. The minimum absolute atomic E-state index is 0.399. The number of rotatable bonds is 3. The Morgan fingerprint density at radius 1 is 1.07 bits per heavy atom. The molecule has 0 spiro atoms. The van der Waals surface area contributed by atoms with Gasteiger partial charge >= 0.3 is 0 Å². The maximum absolute atomic E-state index is 11.5. The molecule has 0 aliphatic heterocycles. The Bertz CT molecular complexity index is 396. The average molecular weight is 186 g/mol. The van der Waals surface area contributed by atoms with Crippen LogP contribution in [0.1, 0.15) is 23.2 Å². The van der Waals surface area contributed by atoms with Gasteiger partial charge in [-0.15, -0.1) is 0 Å². The number of hydrogen-bond acceptors (Lipinski definition) is 2. The van der Waals surface area contributed by atoms with Crippen molar-refractivity contribution in [2.75, 3.05) is 0 Å². The van der Waals surface area contributed by atoms with Crippen molar-refractivity contribution in [3.8, 4) is 0 Å². The van der Waals surface area contributed by atoms with E-state index in [1.54, 1.807) is 24.3 Å². The number of carbonyl (C=O) groups excluding carboxylic acids is 2. The van der Waals surface area contributed by atoms with Crippen LogP contribution in [0.15, 0.2) is 42.0 Å². The lowest BCUT2D eigenvalue weighted by Crippen LogP contribution is -2.10. The first kappa shape index (κ1) is 8.88. The SMILES string of the molecule is O=C(C=C1CC1)C(=O)c1ccccc1. The van der Waals surface area contributed by atoms with Crippen molar-refractivity contribution in [1.29, 1.82) is 0 Å². The molecule has 0 saturated heterocycles. The van der Waals surface area contributed by atoms with Crippen LogP contribution in [0.3, 0.4) is 0 Å². The number of carbonyl (C=O) groups is 2. The number of hydrogen-bond donors (Lipinski definition) is 0. The van der Waals surface area contributed by atoms with Crippen LogP contribution < -0.4 is 0 Å². The largest absolute Gasteiger partial charge is 0.286 e. The molecule has 1 fully saturated rings. The predicted molar refractivity (Wildman–Crippen MR) is 53.1 cm³/mol. The van der Waals surface area contributed by atoms with Crippen molar-refractivity contribution < 1.29 is 9.59 Å². The Labute approximate surface area is 82.2 Å². The molecule has 1 aromatic carbocycles. The van der Waals surface area contributed by atoms with E-state index in [0.717, 1.165) is 18.4 Å². The lowest BCUT2D eigenvalue weighted by molar-refractivity contribution is -0.110. The fourth-order valence-corrected chi connectivity index (χ4v) is 1.20. The van der Waals surface area contributed by atoms with Gasteiger partial charge in [-0.3, -0.25) is 9.59 Å². The van der Waals surface area contributed by atoms with Gasteiger partial charge in [-0.2, -0.15) is 0 Å². The van der Waals surface area contributed by atoms with Crippen LogP contribution in [0.2, 0.25) is 0 Å². The molecule has 0 aromatic heterocycles. The van der Waals surface area contributed by atoms with Gasteiger partial charge in [0.2, 0.25) is 11.6 Å². The summed E-state index contributed by atoms with van der Waals surface area (Å²) in [6.07, 6.45) is 3.40. The molecule has 0 atom stereocenters. The predicted octanol–water partition coefficient (Wildman–Crippen LogP) is 2.16. The molecule has 1 saturated carbocycles. The summed E-state index contributed by atoms with van der Waals surface area (Å²) in [4.78, 5) is 22.9. The molecule has 2 heteroatoms. The van der Waals surface area contributed by atoms with Crippen molar-refractivity contribution in [3.63, 3.8) is 0 Å². The Kier molecular flexibility index (Phi) is 2.27. The van der Waals surface area contributed by atoms with E-state index in [2.05, 4.69) is 0 Å². The molecule has 2 nitrogen and oxygen atoms in total. The van der Waals surface area contributed by atoms with Crippen LogP contribution in [-0.2, 0) is 4.79 Å². The van der Waals surface area contributed by atoms with Crippen molar-refractivity contribution in [2.24, 2.45) is 0 Å². The standard InChI is InChI=1S/C12H10O2/c13-11(8-9-6-7-9)12(14)10-4-2-1-3-5-10/h1-5,8H,6-7H2. The van der Waals surface area contributed by atoms with E-state index in [-0.39, 0.29) is 0 Å². The third-order valence-corrected chi connectivity index (χ3v) is 2.13. The highest BCUT2D eigenvalue weighted by atomic mass is 16.2. The highest BCUT2D eigenvalue weighted by molar-refractivity contribution is 6.47. The Hall–Kier alpha value is -1.70. The minimum Gasteiger partial charge on any atom is -0.286 e. The zero-order chi connectivity index (χ0) is 9.97. The van der Waals surface area contributed by atoms with Gasteiger partial charge in [-0.25, -0.2) is 0 Å². The smallest absolute Gasteiger partial charge is 0.232 e. The van der Waals surface area contributed by atoms with Crippen molar-refractivity contribution in [2.45, 2.75) is 12.8 Å². The van der Waals surface area contributed by atoms with E-state index in [9.17, 15) is 9.59 Å². The van der Waals surface area contributed by atoms with E-state index in [4.69, 9.17) is 0 Å². The maximum Gasteiger partial charge on any atom is 0.232 e. The van der Waals surface area contributed by atoms with Gasteiger partial charge in [0, 0.05) is 5.56 Å². The summed E-state index contributed by atoms with van der Waals surface area (Å²) in [6.45, 7) is 0.